The molecule has 1 aromatic rings. The van der Waals surface area contributed by atoms with Crippen LogP contribution in [0.5, 0.6) is 0 Å². The van der Waals surface area contributed by atoms with Gasteiger partial charge < -0.3 is 5.32 Å². The van der Waals surface area contributed by atoms with Crippen molar-refractivity contribution in [1.82, 2.24) is 5.32 Å². The van der Waals surface area contributed by atoms with Crippen LogP contribution in [0.25, 0.3) is 0 Å². The lowest BCUT2D eigenvalue weighted by atomic mass is 10.0. The summed E-state index contributed by atoms with van der Waals surface area (Å²) in [7, 11) is 2.03. The van der Waals surface area contributed by atoms with Crippen LogP contribution in [0.2, 0.25) is 5.02 Å². The van der Waals surface area contributed by atoms with Crippen molar-refractivity contribution in [2.75, 3.05) is 18.6 Å². The summed E-state index contributed by atoms with van der Waals surface area (Å²) in [6.45, 7) is 2.32. The van der Waals surface area contributed by atoms with Gasteiger partial charge in [-0.1, -0.05) is 36.7 Å². The average Bonchev–Trinajstić information content (AvgIpc) is 2.34. The highest BCUT2D eigenvalue weighted by molar-refractivity contribution is 8.07. The predicted molar refractivity (Wildman–Crippen MR) is 81.4 cm³/mol. The van der Waals surface area contributed by atoms with Crippen molar-refractivity contribution in [2.24, 2.45) is 0 Å². The van der Waals surface area contributed by atoms with Gasteiger partial charge in [0.25, 0.3) is 0 Å². The zero-order valence-electron chi connectivity index (χ0n) is 10.2. The van der Waals surface area contributed by atoms with E-state index in [0.29, 0.717) is 16.5 Å². The largest absolute Gasteiger partial charge is 0.312 e. The number of halogens is 1. The Labute approximate surface area is 117 Å². The van der Waals surface area contributed by atoms with Gasteiger partial charge in [-0.15, -0.1) is 0 Å². The fourth-order valence-electron chi connectivity index (χ4n) is 2.24. The van der Waals surface area contributed by atoms with Gasteiger partial charge in [-0.25, -0.2) is 0 Å². The van der Waals surface area contributed by atoms with E-state index in [-0.39, 0.29) is 0 Å². The van der Waals surface area contributed by atoms with Crippen LogP contribution >= 0.6 is 35.1 Å². The van der Waals surface area contributed by atoms with E-state index in [4.69, 9.17) is 11.6 Å². The third kappa shape index (κ3) is 3.14. The van der Waals surface area contributed by atoms with Crippen LogP contribution in [0.15, 0.2) is 24.3 Å². The molecule has 1 aliphatic heterocycles. The van der Waals surface area contributed by atoms with Gasteiger partial charge in [-0.2, -0.15) is 23.5 Å². The molecule has 1 aliphatic rings. The van der Waals surface area contributed by atoms with E-state index in [1.54, 1.807) is 0 Å². The molecule has 3 unspecified atom stereocenters. The van der Waals surface area contributed by atoms with Crippen molar-refractivity contribution >= 4 is 35.1 Å². The van der Waals surface area contributed by atoms with Crippen LogP contribution in [0.4, 0.5) is 0 Å². The molecule has 0 saturated carbocycles. The Hall–Kier alpha value is 0.170. The minimum Gasteiger partial charge on any atom is -0.312 e. The topological polar surface area (TPSA) is 12.0 Å². The molecule has 1 aromatic carbocycles. The average molecular weight is 288 g/mol. The monoisotopic (exact) mass is 287 g/mol. The van der Waals surface area contributed by atoms with Crippen molar-refractivity contribution < 1.29 is 0 Å². The SMILES string of the molecule is CNC(c1ccccc1Cl)C1SCCSC1C. The summed E-state index contributed by atoms with van der Waals surface area (Å²) >= 11 is 10.4. The number of thioether (sulfide) groups is 2. The molecule has 1 fully saturated rings. The van der Waals surface area contributed by atoms with E-state index in [1.807, 2.05) is 19.2 Å². The van der Waals surface area contributed by atoms with Gasteiger partial charge in [0.15, 0.2) is 0 Å². The van der Waals surface area contributed by atoms with Gasteiger partial charge in [-0.3, -0.25) is 0 Å². The van der Waals surface area contributed by atoms with Gasteiger partial charge in [-0.05, 0) is 18.7 Å². The maximum atomic E-state index is 6.31. The standard InChI is InChI=1S/C13H18ClNS2/c1-9-13(17-8-7-16-9)12(15-2)10-5-3-4-6-11(10)14/h3-6,9,12-13,15H,7-8H2,1-2H3. The first-order chi connectivity index (χ1) is 8.24. The highest BCUT2D eigenvalue weighted by atomic mass is 35.5. The van der Waals surface area contributed by atoms with E-state index in [0.717, 1.165) is 5.02 Å². The quantitative estimate of drug-likeness (QED) is 0.907. The summed E-state index contributed by atoms with van der Waals surface area (Å²) in [6, 6.07) is 8.51. The molecule has 1 nitrogen and oxygen atoms in total. The minimum atomic E-state index is 0.344. The number of hydrogen-bond donors (Lipinski definition) is 1. The molecule has 0 radical (unpaired) electrons. The van der Waals surface area contributed by atoms with E-state index < -0.39 is 0 Å². The van der Waals surface area contributed by atoms with Crippen LogP contribution in [0.3, 0.4) is 0 Å². The Bertz CT molecular complexity index is 372. The van der Waals surface area contributed by atoms with Crippen molar-refractivity contribution in [2.45, 2.75) is 23.5 Å². The summed E-state index contributed by atoms with van der Waals surface area (Å²) in [6.07, 6.45) is 0. The molecule has 94 valence electrons. The molecule has 17 heavy (non-hydrogen) atoms. The van der Waals surface area contributed by atoms with Crippen LogP contribution in [0, 0.1) is 0 Å². The summed E-state index contributed by atoms with van der Waals surface area (Å²) in [5.41, 5.74) is 1.23. The molecule has 0 aromatic heterocycles. The first-order valence-electron chi connectivity index (χ1n) is 5.89. The first-order valence-corrected chi connectivity index (χ1v) is 8.36. The second kappa shape index (κ2) is 6.37. The molecule has 1 heterocycles. The van der Waals surface area contributed by atoms with Crippen molar-refractivity contribution in [3.05, 3.63) is 34.9 Å². The van der Waals surface area contributed by atoms with Crippen molar-refractivity contribution in [1.29, 1.82) is 0 Å². The molecular weight excluding hydrogens is 270 g/mol. The lowest BCUT2D eigenvalue weighted by Crippen LogP contribution is -2.36. The fraction of sp³-hybridized carbons (Fsp3) is 0.538. The lowest BCUT2D eigenvalue weighted by molar-refractivity contribution is 0.561. The van der Waals surface area contributed by atoms with E-state index in [9.17, 15) is 0 Å². The molecule has 0 amide bonds. The lowest BCUT2D eigenvalue weighted by Gasteiger charge is -2.35. The summed E-state index contributed by atoms with van der Waals surface area (Å²) in [5.74, 6) is 2.50. The zero-order valence-corrected chi connectivity index (χ0v) is 12.5. The smallest absolute Gasteiger partial charge is 0.0463 e. The van der Waals surface area contributed by atoms with E-state index in [1.165, 1.54) is 17.1 Å². The van der Waals surface area contributed by atoms with Gasteiger partial charge in [0.05, 0.1) is 0 Å². The predicted octanol–water partition coefficient (Wildman–Crippen LogP) is 3.84. The first kappa shape index (κ1) is 13.6. The Morgan fingerprint density at radius 2 is 2.00 bits per heavy atom. The van der Waals surface area contributed by atoms with Crippen LogP contribution < -0.4 is 5.32 Å². The Morgan fingerprint density at radius 1 is 1.29 bits per heavy atom. The van der Waals surface area contributed by atoms with Crippen molar-refractivity contribution in [3.8, 4) is 0 Å². The van der Waals surface area contributed by atoms with Crippen LogP contribution in [-0.4, -0.2) is 29.1 Å². The highest BCUT2D eigenvalue weighted by Crippen LogP contribution is 2.40. The summed E-state index contributed by atoms with van der Waals surface area (Å²) < 4.78 is 0. The Balaban J connectivity index is 2.23. The van der Waals surface area contributed by atoms with Gasteiger partial charge >= 0.3 is 0 Å². The zero-order chi connectivity index (χ0) is 12.3. The van der Waals surface area contributed by atoms with Gasteiger partial charge in [0.1, 0.15) is 0 Å². The number of nitrogens with one attached hydrogen (secondary N) is 1. The molecular formula is C13H18ClNS2. The molecule has 0 bridgehead atoms. The molecule has 0 spiro atoms. The third-order valence-corrected chi connectivity index (χ3v) is 6.66. The van der Waals surface area contributed by atoms with E-state index >= 15 is 0 Å². The van der Waals surface area contributed by atoms with Gasteiger partial charge in [0, 0.05) is 33.1 Å². The fourth-order valence-corrected chi connectivity index (χ4v) is 5.47. The van der Waals surface area contributed by atoms with E-state index in [2.05, 4.69) is 47.9 Å². The van der Waals surface area contributed by atoms with Gasteiger partial charge in [0.2, 0.25) is 0 Å². The normalized spacial score (nSPS) is 26.8. The number of rotatable bonds is 3. The molecule has 2 rings (SSSR count). The highest BCUT2D eigenvalue weighted by Gasteiger charge is 2.31. The molecule has 4 heteroatoms. The Kier molecular flexibility index (Phi) is 5.10. The molecule has 1 saturated heterocycles. The number of hydrogen-bond acceptors (Lipinski definition) is 3. The van der Waals surface area contributed by atoms with Crippen LogP contribution in [-0.2, 0) is 0 Å². The number of benzene rings is 1. The van der Waals surface area contributed by atoms with Crippen LogP contribution in [0.1, 0.15) is 18.5 Å². The summed E-state index contributed by atoms with van der Waals surface area (Å²) in [5, 5.41) is 5.58. The Morgan fingerprint density at radius 3 is 2.65 bits per heavy atom. The molecule has 1 N–H and O–H groups in total. The summed E-state index contributed by atoms with van der Waals surface area (Å²) in [4.78, 5) is 0. The second-order valence-corrected chi connectivity index (χ2v) is 7.38. The molecule has 0 aliphatic carbocycles. The second-order valence-electron chi connectivity index (χ2n) is 4.20. The van der Waals surface area contributed by atoms with Crippen molar-refractivity contribution in [3.63, 3.8) is 0 Å². The maximum absolute atomic E-state index is 6.31. The maximum Gasteiger partial charge on any atom is 0.0463 e. The molecule has 3 atom stereocenters. The minimum absolute atomic E-state index is 0.344. The third-order valence-electron chi connectivity index (χ3n) is 3.12.